The molecule has 11 heteroatoms. The van der Waals surface area contributed by atoms with Crippen molar-refractivity contribution in [1.82, 2.24) is 19.5 Å². The number of aryl methyl sites for hydroxylation is 2. The van der Waals surface area contributed by atoms with Crippen molar-refractivity contribution in [2.75, 3.05) is 46.7 Å². The van der Waals surface area contributed by atoms with Crippen LogP contribution < -0.4 is 15.4 Å². The number of carbonyl (C=O) groups excluding carboxylic acids is 2. The normalized spacial score (nSPS) is 11.4. The van der Waals surface area contributed by atoms with Crippen LogP contribution in [0.1, 0.15) is 16.7 Å². The summed E-state index contributed by atoms with van der Waals surface area (Å²) in [6.07, 6.45) is 0. The average Bonchev–Trinajstić information content (AvgIpc) is 2.86. The smallest absolute Gasteiger partial charge is 0.243 e. The van der Waals surface area contributed by atoms with Gasteiger partial charge in [-0.05, 0) is 66.9 Å². The number of hydrogen-bond acceptors (Lipinski definition) is 7. The Morgan fingerprint density at radius 3 is 2.32 bits per heavy atom. The van der Waals surface area contributed by atoms with E-state index in [0.29, 0.717) is 23.4 Å². The van der Waals surface area contributed by atoms with Crippen molar-refractivity contribution in [2.24, 2.45) is 0 Å². The quantitative estimate of drug-likeness (QED) is 0.415. The van der Waals surface area contributed by atoms with Gasteiger partial charge in [0.05, 0.1) is 30.6 Å². The zero-order chi connectivity index (χ0) is 27.3. The van der Waals surface area contributed by atoms with Crippen molar-refractivity contribution in [2.45, 2.75) is 25.3 Å². The minimum absolute atomic E-state index is 0.132. The van der Waals surface area contributed by atoms with Gasteiger partial charge < -0.3 is 20.3 Å². The van der Waals surface area contributed by atoms with E-state index in [-0.39, 0.29) is 17.3 Å². The molecule has 0 bridgehead atoms. The maximum atomic E-state index is 13.1. The molecule has 0 aliphatic heterocycles. The number of fused-ring (bicyclic) bond motifs is 1. The Kier molecular flexibility index (Phi) is 8.72. The lowest BCUT2D eigenvalue weighted by molar-refractivity contribution is -0.132. The van der Waals surface area contributed by atoms with Crippen molar-refractivity contribution in [3.8, 4) is 5.75 Å². The largest absolute Gasteiger partial charge is 0.497 e. The maximum absolute atomic E-state index is 13.1. The third-order valence-corrected chi connectivity index (χ3v) is 8.11. The molecule has 0 saturated carbocycles. The zero-order valence-electron chi connectivity index (χ0n) is 22.0. The third kappa shape index (κ3) is 6.55. The number of methoxy groups -OCH3 is 1. The standard InChI is InChI=1S/C26H33N5O5S/c1-17-11-21(36-6)12-18(2)26(17)37(34,35)31(5)16-24(32)28-14-25(33)30(4)15-19-7-9-22-20(13-19)8-10-23(27-3)29-22/h7-13H,14-16H2,1-6H3,(H,27,29)(H,28,32). The highest BCUT2D eigenvalue weighted by Gasteiger charge is 2.27. The Morgan fingerprint density at radius 1 is 1.03 bits per heavy atom. The van der Waals surface area contributed by atoms with Crippen LogP contribution in [0.3, 0.4) is 0 Å². The second-order valence-corrected chi connectivity index (χ2v) is 10.8. The molecule has 0 fully saturated rings. The summed E-state index contributed by atoms with van der Waals surface area (Å²) in [4.78, 5) is 31.2. The minimum Gasteiger partial charge on any atom is -0.497 e. The van der Waals surface area contributed by atoms with E-state index < -0.39 is 22.5 Å². The highest BCUT2D eigenvalue weighted by Crippen LogP contribution is 2.27. The number of pyridine rings is 1. The lowest BCUT2D eigenvalue weighted by atomic mass is 10.1. The fourth-order valence-electron chi connectivity index (χ4n) is 4.02. The summed E-state index contributed by atoms with van der Waals surface area (Å²) < 4.78 is 32.4. The number of nitrogens with zero attached hydrogens (tertiary/aromatic N) is 3. The highest BCUT2D eigenvalue weighted by molar-refractivity contribution is 7.89. The summed E-state index contributed by atoms with van der Waals surface area (Å²) in [6, 6.07) is 12.9. The van der Waals surface area contributed by atoms with E-state index in [4.69, 9.17) is 4.74 Å². The van der Waals surface area contributed by atoms with Crippen molar-refractivity contribution >= 4 is 38.6 Å². The molecule has 3 rings (SSSR count). The van der Waals surface area contributed by atoms with Gasteiger partial charge in [0.1, 0.15) is 11.6 Å². The molecular formula is C26H33N5O5S. The molecule has 10 nitrogen and oxygen atoms in total. The number of carbonyl (C=O) groups is 2. The van der Waals surface area contributed by atoms with Crippen LogP contribution >= 0.6 is 0 Å². The lowest BCUT2D eigenvalue weighted by Gasteiger charge is -2.21. The topological polar surface area (TPSA) is 121 Å². The Bertz CT molecular complexity index is 1400. The van der Waals surface area contributed by atoms with Gasteiger partial charge >= 0.3 is 0 Å². The molecule has 0 spiro atoms. The number of sulfonamides is 1. The van der Waals surface area contributed by atoms with Crippen molar-refractivity contribution in [1.29, 1.82) is 0 Å². The van der Waals surface area contributed by atoms with E-state index in [1.165, 1.54) is 19.1 Å². The fraction of sp³-hybridized carbons (Fsp3) is 0.346. The van der Waals surface area contributed by atoms with Crippen LogP contribution in [0.4, 0.5) is 5.82 Å². The molecule has 1 aromatic heterocycles. The van der Waals surface area contributed by atoms with Gasteiger partial charge in [-0.1, -0.05) is 6.07 Å². The van der Waals surface area contributed by atoms with Crippen LogP contribution in [0.2, 0.25) is 0 Å². The molecular weight excluding hydrogens is 494 g/mol. The number of rotatable bonds is 10. The van der Waals surface area contributed by atoms with Crippen molar-refractivity contribution in [3.05, 3.63) is 59.2 Å². The van der Waals surface area contributed by atoms with Crippen molar-refractivity contribution < 1.29 is 22.7 Å². The van der Waals surface area contributed by atoms with Gasteiger partial charge in [0, 0.05) is 33.1 Å². The summed E-state index contributed by atoms with van der Waals surface area (Å²) >= 11 is 0. The molecule has 0 radical (unpaired) electrons. The second kappa shape index (κ2) is 11.6. The van der Waals surface area contributed by atoms with Crippen LogP contribution in [0.25, 0.3) is 10.9 Å². The Hall–Kier alpha value is -3.70. The molecule has 0 atom stereocenters. The molecule has 0 saturated heterocycles. The number of nitrogens with one attached hydrogen (secondary N) is 2. The van der Waals surface area contributed by atoms with E-state index in [1.807, 2.05) is 37.4 Å². The number of amides is 2. The molecule has 0 aliphatic rings. The minimum atomic E-state index is -3.93. The molecule has 2 aromatic carbocycles. The lowest BCUT2D eigenvalue weighted by Crippen LogP contribution is -2.43. The predicted octanol–water partition coefficient (Wildman–Crippen LogP) is 2.30. The molecule has 2 amide bonds. The van der Waals surface area contributed by atoms with Gasteiger partial charge in [0.15, 0.2) is 0 Å². The van der Waals surface area contributed by atoms with E-state index in [0.717, 1.165) is 26.6 Å². The van der Waals surface area contributed by atoms with Gasteiger partial charge in [-0.15, -0.1) is 0 Å². The number of likely N-dealkylation sites (N-methyl/N-ethyl adjacent to an activating group) is 2. The van der Waals surface area contributed by atoms with E-state index >= 15 is 0 Å². The second-order valence-electron chi connectivity index (χ2n) is 8.85. The SMILES string of the molecule is CNc1ccc2cc(CN(C)C(=O)CNC(=O)CN(C)S(=O)(=O)c3c(C)cc(OC)cc3C)ccc2n1. The number of anilines is 1. The molecule has 37 heavy (non-hydrogen) atoms. The van der Waals surface area contributed by atoms with Crippen LogP contribution in [-0.2, 0) is 26.2 Å². The van der Waals surface area contributed by atoms with Gasteiger partial charge in [0.25, 0.3) is 0 Å². The summed E-state index contributed by atoms with van der Waals surface area (Å²) in [5.41, 5.74) is 2.81. The van der Waals surface area contributed by atoms with Gasteiger partial charge in [0.2, 0.25) is 21.8 Å². The number of hydrogen-bond donors (Lipinski definition) is 2. The van der Waals surface area contributed by atoms with Crippen LogP contribution in [0.15, 0.2) is 47.4 Å². The van der Waals surface area contributed by atoms with Crippen LogP contribution in [-0.4, -0.2) is 75.8 Å². The monoisotopic (exact) mass is 527 g/mol. The molecule has 0 aliphatic carbocycles. The van der Waals surface area contributed by atoms with Gasteiger partial charge in [-0.25, -0.2) is 13.4 Å². The first kappa shape index (κ1) is 27.9. The highest BCUT2D eigenvalue weighted by atomic mass is 32.2. The first-order valence-electron chi connectivity index (χ1n) is 11.7. The van der Waals surface area contributed by atoms with Gasteiger partial charge in [-0.2, -0.15) is 4.31 Å². The Morgan fingerprint density at radius 2 is 1.70 bits per heavy atom. The number of ether oxygens (including phenoxy) is 1. The molecule has 0 unspecified atom stereocenters. The molecule has 3 aromatic rings. The van der Waals surface area contributed by atoms with Crippen molar-refractivity contribution in [3.63, 3.8) is 0 Å². The summed E-state index contributed by atoms with van der Waals surface area (Å²) in [6.45, 7) is 3.04. The molecule has 1 heterocycles. The maximum Gasteiger partial charge on any atom is 0.243 e. The predicted molar refractivity (Wildman–Crippen MR) is 143 cm³/mol. The zero-order valence-corrected chi connectivity index (χ0v) is 22.8. The Labute approximate surface area is 217 Å². The number of benzene rings is 2. The Balaban J connectivity index is 1.57. The fourth-order valence-corrected chi connectivity index (χ4v) is 5.55. The summed E-state index contributed by atoms with van der Waals surface area (Å²) in [5, 5.41) is 6.48. The summed E-state index contributed by atoms with van der Waals surface area (Å²) in [7, 11) is 2.37. The molecule has 2 N–H and O–H groups in total. The average molecular weight is 528 g/mol. The van der Waals surface area contributed by atoms with Crippen LogP contribution in [0, 0.1) is 13.8 Å². The first-order chi connectivity index (χ1) is 17.5. The van der Waals surface area contributed by atoms with Gasteiger partial charge in [-0.3, -0.25) is 9.59 Å². The van der Waals surface area contributed by atoms with E-state index in [9.17, 15) is 18.0 Å². The first-order valence-corrected chi connectivity index (χ1v) is 13.1. The molecule has 198 valence electrons. The van der Waals surface area contributed by atoms with E-state index in [2.05, 4.69) is 15.6 Å². The van der Waals surface area contributed by atoms with E-state index in [1.54, 1.807) is 33.0 Å². The third-order valence-electron chi connectivity index (χ3n) is 6.00. The number of aromatic nitrogens is 1. The summed E-state index contributed by atoms with van der Waals surface area (Å²) in [5.74, 6) is 0.453. The van der Waals surface area contributed by atoms with Crippen LogP contribution in [0.5, 0.6) is 5.75 Å².